The van der Waals surface area contributed by atoms with Gasteiger partial charge in [-0.3, -0.25) is 4.79 Å². The number of aromatic nitrogens is 2. The summed E-state index contributed by atoms with van der Waals surface area (Å²) >= 11 is 0.942. The molecule has 0 fully saturated rings. The predicted molar refractivity (Wildman–Crippen MR) is 111 cm³/mol. The Morgan fingerprint density at radius 3 is 2.66 bits per heavy atom. The number of ether oxygens (including phenoxy) is 1. The fourth-order valence-electron chi connectivity index (χ4n) is 2.80. The summed E-state index contributed by atoms with van der Waals surface area (Å²) < 4.78 is 41.7. The number of sulfonamides is 1. The molecule has 1 aromatic heterocycles. The van der Waals surface area contributed by atoms with E-state index in [1.165, 1.54) is 6.07 Å². The van der Waals surface area contributed by atoms with Gasteiger partial charge in [0.2, 0.25) is 15.9 Å². The average Bonchev–Trinajstić information content (AvgIpc) is 3.19. The molecule has 3 rings (SSSR count). The summed E-state index contributed by atoms with van der Waals surface area (Å²) in [5.41, 5.74) is 1.65. The molecule has 154 valence electrons. The molecular formula is C19H22N4O4S2. The third kappa shape index (κ3) is 4.89. The number of hydrogen-bond acceptors (Lipinski definition) is 7. The lowest BCUT2D eigenvalue weighted by Gasteiger charge is -2.22. The number of carbonyl (C=O) groups is 1. The van der Waals surface area contributed by atoms with Gasteiger partial charge >= 0.3 is 0 Å². The van der Waals surface area contributed by atoms with Gasteiger partial charge in [-0.15, -0.1) is 0 Å². The van der Waals surface area contributed by atoms with Gasteiger partial charge < -0.3 is 10.1 Å². The van der Waals surface area contributed by atoms with Crippen molar-refractivity contribution in [3.05, 3.63) is 48.0 Å². The maximum absolute atomic E-state index is 13.0. The number of nitrogens with one attached hydrogen (secondary N) is 2. The van der Waals surface area contributed by atoms with E-state index in [4.69, 9.17) is 4.74 Å². The van der Waals surface area contributed by atoms with Gasteiger partial charge in [-0.05, 0) is 35.7 Å². The molecule has 1 atom stereocenters. The number of rotatable bonds is 8. The second kappa shape index (κ2) is 8.85. The van der Waals surface area contributed by atoms with Crippen LogP contribution in [-0.2, 0) is 21.4 Å². The van der Waals surface area contributed by atoms with E-state index in [1.54, 1.807) is 33.1 Å². The van der Waals surface area contributed by atoms with Crippen molar-refractivity contribution in [2.75, 3.05) is 7.11 Å². The summed E-state index contributed by atoms with van der Waals surface area (Å²) in [5, 5.41) is 2.79. The normalized spacial score (nSPS) is 12.8. The SMILES string of the molecule is COc1cccc(CNC(=O)C(NS(=O)(=O)c2cccc3nsnc23)C(C)C)c1. The molecule has 0 bridgehead atoms. The molecule has 0 saturated heterocycles. The van der Waals surface area contributed by atoms with E-state index < -0.39 is 22.0 Å². The standard InChI is InChI=1S/C19H22N4O4S2/c1-12(2)17(19(24)20-11-13-6-4-7-14(10-13)27-3)23-29(25,26)16-9-5-8-15-18(16)22-28-21-15/h4-10,12,17,23H,11H2,1-3H3,(H,20,24). The second-order valence-electron chi connectivity index (χ2n) is 6.80. The zero-order chi connectivity index (χ0) is 21.0. The molecule has 0 radical (unpaired) electrons. The third-order valence-electron chi connectivity index (χ3n) is 4.37. The minimum Gasteiger partial charge on any atom is -0.497 e. The fourth-order valence-corrected chi connectivity index (χ4v) is 4.91. The van der Waals surface area contributed by atoms with Crippen molar-refractivity contribution in [2.24, 2.45) is 5.92 Å². The number of amides is 1. The smallest absolute Gasteiger partial charge is 0.243 e. The minimum atomic E-state index is -3.97. The first-order valence-electron chi connectivity index (χ1n) is 8.96. The van der Waals surface area contributed by atoms with Gasteiger partial charge in [-0.1, -0.05) is 32.0 Å². The van der Waals surface area contributed by atoms with Crippen molar-refractivity contribution in [3.63, 3.8) is 0 Å². The maximum Gasteiger partial charge on any atom is 0.243 e. The highest BCUT2D eigenvalue weighted by molar-refractivity contribution is 7.89. The van der Waals surface area contributed by atoms with Crippen LogP contribution in [0.1, 0.15) is 19.4 Å². The lowest BCUT2D eigenvalue weighted by Crippen LogP contribution is -2.49. The first kappa shape index (κ1) is 21.2. The lowest BCUT2D eigenvalue weighted by molar-refractivity contribution is -0.123. The van der Waals surface area contributed by atoms with Crippen molar-refractivity contribution < 1.29 is 17.9 Å². The van der Waals surface area contributed by atoms with Gasteiger partial charge in [0.15, 0.2) is 0 Å². The zero-order valence-corrected chi connectivity index (χ0v) is 17.9. The fraction of sp³-hybridized carbons (Fsp3) is 0.316. The first-order valence-corrected chi connectivity index (χ1v) is 11.2. The Hall–Kier alpha value is -2.56. The number of hydrogen-bond donors (Lipinski definition) is 2. The van der Waals surface area contributed by atoms with E-state index in [9.17, 15) is 13.2 Å². The van der Waals surface area contributed by atoms with E-state index in [0.29, 0.717) is 16.8 Å². The van der Waals surface area contributed by atoms with Crippen LogP contribution in [0.2, 0.25) is 0 Å². The highest BCUT2D eigenvalue weighted by Gasteiger charge is 2.29. The van der Waals surface area contributed by atoms with E-state index >= 15 is 0 Å². The van der Waals surface area contributed by atoms with Gasteiger partial charge in [-0.25, -0.2) is 8.42 Å². The third-order valence-corrected chi connectivity index (χ3v) is 6.39. The van der Waals surface area contributed by atoms with E-state index in [0.717, 1.165) is 17.3 Å². The summed E-state index contributed by atoms with van der Waals surface area (Å²) in [4.78, 5) is 12.7. The molecule has 0 aliphatic rings. The van der Waals surface area contributed by atoms with Crippen molar-refractivity contribution in [3.8, 4) is 5.75 Å². The number of nitrogens with zero attached hydrogens (tertiary/aromatic N) is 2. The number of methoxy groups -OCH3 is 1. The van der Waals surface area contributed by atoms with Gasteiger partial charge in [-0.2, -0.15) is 13.5 Å². The lowest BCUT2D eigenvalue weighted by atomic mass is 10.0. The van der Waals surface area contributed by atoms with Gasteiger partial charge in [0.05, 0.1) is 18.8 Å². The van der Waals surface area contributed by atoms with Crippen LogP contribution in [-0.4, -0.2) is 36.2 Å². The molecule has 1 amide bonds. The zero-order valence-electron chi connectivity index (χ0n) is 16.2. The Balaban J connectivity index is 1.76. The molecular weight excluding hydrogens is 412 g/mol. The van der Waals surface area contributed by atoms with Gasteiger partial charge in [0, 0.05) is 6.54 Å². The number of fused-ring (bicyclic) bond motifs is 1. The van der Waals surface area contributed by atoms with Crippen molar-refractivity contribution in [2.45, 2.75) is 31.3 Å². The first-order chi connectivity index (χ1) is 13.8. The highest BCUT2D eigenvalue weighted by atomic mass is 32.2. The van der Waals surface area contributed by atoms with Crippen LogP contribution < -0.4 is 14.8 Å². The molecule has 2 N–H and O–H groups in total. The molecule has 29 heavy (non-hydrogen) atoms. The minimum absolute atomic E-state index is 0.00926. The Labute approximate surface area is 173 Å². The summed E-state index contributed by atoms with van der Waals surface area (Å²) in [6.45, 7) is 3.82. The number of carbonyl (C=O) groups excluding carboxylic acids is 1. The molecule has 2 aromatic carbocycles. The Bertz CT molecular complexity index is 1110. The van der Waals surface area contributed by atoms with Crippen LogP contribution in [0.25, 0.3) is 11.0 Å². The van der Waals surface area contributed by atoms with Crippen LogP contribution in [0.3, 0.4) is 0 Å². The molecule has 10 heteroatoms. The molecule has 8 nitrogen and oxygen atoms in total. The van der Waals surface area contributed by atoms with Crippen LogP contribution in [0.15, 0.2) is 47.4 Å². The van der Waals surface area contributed by atoms with Crippen LogP contribution >= 0.6 is 11.7 Å². The highest BCUT2D eigenvalue weighted by Crippen LogP contribution is 2.22. The van der Waals surface area contributed by atoms with Gasteiger partial charge in [0.1, 0.15) is 27.7 Å². The van der Waals surface area contributed by atoms with Gasteiger partial charge in [0.25, 0.3) is 0 Å². The predicted octanol–water partition coefficient (Wildman–Crippen LogP) is 2.32. The monoisotopic (exact) mass is 434 g/mol. The Morgan fingerprint density at radius 1 is 1.17 bits per heavy atom. The molecule has 0 saturated carbocycles. The van der Waals surface area contributed by atoms with Crippen LogP contribution in [0, 0.1) is 5.92 Å². The van der Waals surface area contributed by atoms with Crippen molar-refractivity contribution >= 4 is 38.7 Å². The Kier molecular flexibility index (Phi) is 6.46. The summed E-state index contributed by atoms with van der Waals surface area (Å²) in [5.74, 6) is 0.0145. The number of benzene rings is 2. The maximum atomic E-state index is 13.0. The average molecular weight is 435 g/mol. The molecule has 0 spiro atoms. The quantitative estimate of drug-likeness (QED) is 0.563. The van der Waals surface area contributed by atoms with Crippen molar-refractivity contribution in [1.29, 1.82) is 0 Å². The van der Waals surface area contributed by atoms with Crippen LogP contribution in [0.4, 0.5) is 0 Å². The summed E-state index contributed by atoms with van der Waals surface area (Å²) in [6, 6.07) is 11.1. The topological polar surface area (TPSA) is 110 Å². The van der Waals surface area contributed by atoms with Crippen LogP contribution in [0.5, 0.6) is 5.75 Å². The van der Waals surface area contributed by atoms with E-state index in [2.05, 4.69) is 18.8 Å². The van der Waals surface area contributed by atoms with E-state index in [-0.39, 0.29) is 17.4 Å². The van der Waals surface area contributed by atoms with Crippen molar-refractivity contribution in [1.82, 2.24) is 18.8 Å². The molecule has 3 aromatic rings. The molecule has 1 heterocycles. The molecule has 1 unspecified atom stereocenters. The second-order valence-corrected chi connectivity index (χ2v) is 9.01. The summed E-state index contributed by atoms with van der Waals surface area (Å²) in [6.07, 6.45) is 0. The summed E-state index contributed by atoms with van der Waals surface area (Å²) in [7, 11) is -2.40. The molecule has 0 aliphatic carbocycles. The Morgan fingerprint density at radius 2 is 1.93 bits per heavy atom. The molecule has 0 aliphatic heterocycles. The largest absolute Gasteiger partial charge is 0.497 e. The van der Waals surface area contributed by atoms with E-state index in [1.807, 2.05) is 24.3 Å².